The van der Waals surface area contributed by atoms with E-state index in [-0.39, 0.29) is 21.5 Å². The topological polar surface area (TPSA) is 101 Å². The fraction of sp³-hybridized carbons (Fsp3) is 0.522. The fourth-order valence-corrected chi connectivity index (χ4v) is 5.75. The number of fused-ring (bicyclic) bond motifs is 1. The molecule has 0 bridgehead atoms. The van der Waals surface area contributed by atoms with Crippen LogP contribution < -0.4 is 20.7 Å². The number of halogens is 3. The summed E-state index contributed by atoms with van der Waals surface area (Å²) in [6, 6.07) is 3.04. The lowest BCUT2D eigenvalue weighted by Gasteiger charge is -2.34. The highest BCUT2D eigenvalue weighted by molar-refractivity contribution is 9.10. The fourth-order valence-electron chi connectivity index (χ4n) is 4.41. The average Bonchev–Trinajstić information content (AvgIpc) is 3.45. The van der Waals surface area contributed by atoms with Crippen molar-refractivity contribution in [2.75, 3.05) is 50.0 Å². The molecule has 1 aliphatic heterocycles. The predicted octanol–water partition coefficient (Wildman–Crippen LogP) is 4.19. The predicted molar refractivity (Wildman–Crippen MR) is 140 cm³/mol. The van der Waals surface area contributed by atoms with Gasteiger partial charge in [-0.3, -0.25) is 4.79 Å². The number of rotatable bonds is 10. The second kappa shape index (κ2) is 11.7. The number of amides is 1. The smallest absolute Gasteiger partial charge is 0.272 e. The van der Waals surface area contributed by atoms with Gasteiger partial charge in [-0.1, -0.05) is 13.8 Å². The quantitative estimate of drug-likeness (QED) is 0.368. The van der Waals surface area contributed by atoms with E-state index >= 15 is 0 Å². The van der Waals surface area contributed by atoms with Gasteiger partial charge in [0, 0.05) is 31.7 Å². The maximum absolute atomic E-state index is 13.4. The average molecular weight is 587 g/mol. The summed E-state index contributed by atoms with van der Waals surface area (Å²) < 4.78 is 35.1. The summed E-state index contributed by atoms with van der Waals surface area (Å²) in [6.45, 7) is 8.11. The van der Waals surface area contributed by atoms with E-state index in [1.807, 2.05) is 19.9 Å². The van der Waals surface area contributed by atoms with Gasteiger partial charge in [0.05, 0.1) is 10.6 Å². The van der Waals surface area contributed by atoms with Crippen LogP contribution in [-0.4, -0.2) is 70.8 Å². The molecule has 0 unspecified atom stereocenters. The number of likely N-dealkylation sites (N-methyl/N-ethyl adjacent to an activating group) is 1. The molecule has 1 saturated heterocycles. The van der Waals surface area contributed by atoms with Crippen molar-refractivity contribution in [3.8, 4) is 5.75 Å². The van der Waals surface area contributed by atoms with Crippen LogP contribution in [0.2, 0.25) is 0 Å². The van der Waals surface area contributed by atoms with Crippen molar-refractivity contribution in [3.05, 3.63) is 32.8 Å². The van der Waals surface area contributed by atoms with E-state index in [1.165, 1.54) is 12.4 Å². The first-order valence-electron chi connectivity index (χ1n) is 11.9. The number of aromatic nitrogens is 3. The van der Waals surface area contributed by atoms with Crippen LogP contribution in [0.25, 0.3) is 5.52 Å². The van der Waals surface area contributed by atoms with E-state index in [2.05, 4.69) is 41.1 Å². The van der Waals surface area contributed by atoms with Crippen LogP contribution in [0.4, 0.5) is 20.3 Å². The molecule has 196 valence electrons. The number of piperidine rings is 1. The Morgan fingerprint density at radius 2 is 2.17 bits per heavy atom. The number of thiophene rings is 1. The molecule has 1 fully saturated rings. The van der Waals surface area contributed by atoms with E-state index < -0.39 is 12.3 Å². The highest BCUT2D eigenvalue weighted by Gasteiger charge is 2.28. The Labute approximate surface area is 220 Å². The van der Waals surface area contributed by atoms with Gasteiger partial charge in [-0.2, -0.15) is 5.10 Å². The number of alkyl halides is 2. The molecule has 3 N–H and O–H groups in total. The Balaban J connectivity index is 1.47. The summed E-state index contributed by atoms with van der Waals surface area (Å²) >= 11 is 4.29. The van der Waals surface area contributed by atoms with Crippen molar-refractivity contribution in [2.24, 2.45) is 0 Å². The molecule has 1 amide bonds. The minimum atomic E-state index is -2.67. The van der Waals surface area contributed by atoms with Crippen molar-refractivity contribution < 1.29 is 18.3 Å². The molecule has 1 aliphatic rings. The van der Waals surface area contributed by atoms with Crippen molar-refractivity contribution in [2.45, 2.75) is 39.2 Å². The van der Waals surface area contributed by atoms with Crippen molar-refractivity contribution in [1.29, 1.82) is 0 Å². The number of nitrogens with one attached hydrogen (secondary N) is 1. The molecule has 0 aromatic carbocycles. The number of nitrogens with two attached hydrogens (primary N) is 1. The number of hydrogen-bond donors (Lipinski definition) is 2. The second-order valence-electron chi connectivity index (χ2n) is 8.53. The standard InChI is InChI=1S/C23H30BrF2N7O2S/c1-3-31(4-2)8-9-35-16-11-17(21(25)26)36-20(16)23(34)30-14-6-5-7-32(12-14)15-10-18(24)33-19(15)22(27)28-13-29-33/h10-11,13-14,21H,3-9,12H2,1-2H3,(H,30,34)(H2,27,28,29)/t14-/m1/s1. The first-order valence-corrected chi connectivity index (χ1v) is 13.5. The van der Waals surface area contributed by atoms with Gasteiger partial charge in [0.25, 0.3) is 12.3 Å². The molecular formula is C23H30BrF2N7O2S. The Hall–Kier alpha value is -2.51. The Morgan fingerprint density at radius 3 is 2.89 bits per heavy atom. The van der Waals surface area contributed by atoms with E-state index in [9.17, 15) is 13.6 Å². The summed E-state index contributed by atoms with van der Waals surface area (Å²) in [5, 5.41) is 7.27. The van der Waals surface area contributed by atoms with E-state index in [1.54, 1.807) is 4.52 Å². The van der Waals surface area contributed by atoms with Crippen LogP contribution in [0.1, 0.15) is 47.7 Å². The lowest BCUT2D eigenvalue weighted by atomic mass is 10.0. The van der Waals surface area contributed by atoms with E-state index in [0.29, 0.717) is 31.0 Å². The van der Waals surface area contributed by atoms with Crippen LogP contribution in [-0.2, 0) is 0 Å². The maximum atomic E-state index is 13.4. The molecule has 3 aromatic rings. The number of hydrogen-bond acceptors (Lipinski definition) is 8. The second-order valence-corrected chi connectivity index (χ2v) is 10.4. The molecule has 0 aliphatic carbocycles. The number of nitrogens with zero attached hydrogens (tertiary/aromatic N) is 5. The van der Waals surface area contributed by atoms with E-state index in [4.69, 9.17) is 10.5 Å². The normalized spacial score (nSPS) is 16.3. The van der Waals surface area contributed by atoms with Crippen molar-refractivity contribution in [1.82, 2.24) is 24.8 Å². The minimum absolute atomic E-state index is 0.175. The zero-order chi connectivity index (χ0) is 25.8. The molecule has 4 heterocycles. The Bertz CT molecular complexity index is 1200. The highest BCUT2D eigenvalue weighted by Crippen LogP contribution is 2.36. The van der Waals surface area contributed by atoms with Gasteiger partial charge in [0.2, 0.25) is 0 Å². The summed E-state index contributed by atoms with van der Waals surface area (Å²) in [7, 11) is 0. The molecule has 0 spiro atoms. The lowest BCUT2D eigenvalue weighted by molar-refractivity contribution is 0.0933. The van der Waals surface area contributed by atoms with Crippen LogP contribution in [0.3, 0.4) is 0 Å². The summed E-state index contributed by atoms with van der Waals surface area (Å²) in [4.78, 5) is 21.6. The Kier molecular flexibility index (Phi) is 8.62. The van der Waals surface area contributed by atoms with Gasteiger partial charge in [-0.15, -0.1) is 11.3 Å². The SMILES string of the molecule is CCN(CC)CCOc1cc(C(F)F)sc1C(=O)N[C@@H]1CCCN(c2cc(Br)n3ncnc(N)c23)C1. The molecule has 4 rings (SSSR count). The van der Waals surface area contributed by atoms with Crippen LogP contribution >= 0.6 is 27.3 Å². The van der Waals surface area contributed by atoms with Crippen molar-refractivity contribution in [3.63, 3.8) is 0 Å². The first-order chi connectivity index (χ1) is 17.3. The number of anilines is 2. The molecular weight excluding hydrogens is 556 g/mol. The monoisotopic (exact) mass is 585 g/mol. The maximum Gasteiger partial charge on any atom is 0.272 e. The number of carbonyl (C=O) groups excluding carboxylic acids is 1. The van der Waals surface area contributed by atoms with E-state index in [0.717, 1.165) is 54.1 Å². The molecule has 36 heavy (non-hydrogen) atoms. The van der Waals surface area contributed by atoms with Crippen LogP contribution in [0, 0.1) is 0 Å². The van der Waals surface area contributed by atoms with Crippen LogP contribution in [0.15, 0.2) is 23.1 Å². The summed E-state index contributed by atoms with van der Waals surface area (Å²) in [5.41, 5.74) is 7.69. The zero-order valence-corrected chi connectivity index (χ0v) is 22.6. The minimum Gasteiger partial charge on any atom is -0.491 e. The van der Waals surface area contributed by atoms with Gasteiger partial charge in [0.15, 0.2) is 5.82 Å². The van der Waals surface area contributed by atoms with Gasteiger partial charge in [0.1, 0.15) is 33.7 Å². The molecule has 3 aromatic heterocycles. The molecule has 1 atom stereocenters. The van der Waals surface area contributed by atoms with Gasteiger partial charge < -0.3 is 25.6 Å². The van der Waals surface area contributed by atoms with Crippen LogP contribution in [0.5, 0.6) is 5.75 Å². The third-order valence-electron chi connectivity index (χ3n) is 6.31. The highest BCUT2D eigenvalue weighted by atomic mass is 79.9. The largest absolute Gasteiger partial charge is 0.491 e. The zero-order valence-electron chi connectivity index (χ0n) is 20.2. The number of carbonyl (C=O) groups is 1. The van der Waals surface area contributed by atoms with Gasteiger partial charge >= 0.3 is 0 Å². The van der Waals surface area contributed by atoms with Gasteiger partial charge in [-0.25, -0.2) is 18.3 Å². The number of nitrogen functional groups attached to an aromatic ring is 1. The summed E-state index contributed by atoms with van der Waals surface area (Å²) in [5.74, 6) is 0.170. The third kappa shape index (κ3) is 5.73. The Morgan fingerprint density at radius 1 is 1.39 bits per heavy atom. The molecule has 0 radical (unpaired) electrons. The lowest BCUT2D eigenvalue weighted by Crippen LogP contribution is -2.47. The number of ether oxygens (including phenoxy) is 1. The molecule has 9 nitrogen and oxygen atoms in total. The van der Waals surface area contributed by atoms with Gasteiger partial charge in [-0.05, 0) is 47.9 Å². The third-order valence-corrected chi connectivity index (χ3v) is 8.00. The summed E-state index contributed by atoms with van der Waals surface area (Å²) in [6.07, 6.45) is 0.341. The van der Waals surface area contributed by atoms with Crippen molar-refractivity contribution >= 4 is 50.2 Å². The first kappa shape index (κ1) is 26.6. The molecule has 13 heteroatoms. The molecule has 0 saturated carbocycles.